The molecule has 0 bridgehead atoms. The zero-order valence-electron chi connectivity index (χ0n) is 9.42. The molecule has 0 aliphatic rings. The van der Waals surface area contributed by atoms with Crippen molar-refractivity contribution in [2.24, 2.45) is 0 Å². The van der Waals surface area contributed by atoms with Gasteiger partial charge in [-0.2, -0.15) is 0 Å². The van der Waals surface area contributed by atoms with Crippen LogP contribution in [0.15, 0.2) is 30.3 Å². The minimum Gasteiger partial charge on any atom is -0.303 e. The predicted octanol–water partition coefficient (Wildman–Crippen LogP) is 2.41. The number of benzene rings is 1. The number of nitro groups is 1. The molecule has 0 spiro atoms. The molecule has 0 aliphatic heterocycles. The fourth-order valence-corrected chi connectivity index (χ4v) is 1.74. The summed E-state index contributed by atoms with van der Waals surface area (Å²) in [6.07, 6.45) is 0.904. The van der Waals surface area contributed by atoms with Crippen LogP contribution in [0.1, 0.15) is 31.7 Å². The molecule has 0 radical (unpaired) electrons. The van der Waals surface area contributed by atoms with E-state index in [4.69, 9.17) is 0 Å². The Hall–Kier alpha value is -1.71. The third-order valence-electron chi connectivity index (χ3n) is 2.86. The first-order valence-electron chi connectivity index (χ1n) is 5.13. The number of rotatable bonds is 5. The smallest absolute Gasteiger partial charge is 0.223 e. The van der Waals surface area contributed by atoms with E-state index in [-0.39, 0.29) is 17.3 Å². The van der Waals surface area contributed by atoms with Gasteiger partial charge in [0.05, 0.1) is 5.92 Å². The Labute approximate surface area is 94.4 Å². The molecular formula is C12H15NO3. The van der Waals surface area contributed by atoms with Crippen LogP contribution in [-0.2, 0) is 4.79 Å². The molecule has 4 nitrogen and oxygen atoms in total. The van der Waals surface area contributed by atoms with E-state index in [1.165, 1.54) is 0 Å². The Morgan fingerprint density at radius 3 is 2.38 bits per heavy atom. The van der Waals surface area contributed by atoms with Crippen molar-refractivity contribution >= 4 is 6.29 Å². The first-order valence-corrected chi connectivity index (χ1v) is 5.13. The zero-order chi connectivity index (χ0) is 12.2. The maximum Gasteiger partial charge on any atom is 0.223 e. The second-order valence-electron chi connectivity index (χ2n) is 4.28. The summed E-state index contributed by atoms with van der Waals surface area (Å²) in [6, 6.07) is 9.13. The van der Waals surface area contributed by atoms with Gasteiger partial charge in [0.25, 0.3) is 0 Å². The van der Waals surface area contributed by atoms with E-state index in [9.17, 15) is 14.9 Å². The van der Waals surface area contributed by atoms with Crippen LogP contribution in [0.4, 0.5) is 0 Å². The zero-order valence-corrected chi connectivity index (χ0v) is 9.42. The van der Waals surface area contributed by atoms with Gasteiger partial charge in [0.1, 0.15) is 6.29 Å². The molecule has 1 rings (SSSR count). The molecule has 0 N–H and O–H groups in total. The lowest BCUT2D eigenvalue weighted by Crippen LogP contribution is -2.38. The van der Waals surface area contributed by atoms with Gasteiger partial charge in [-0.05, 0) is 5.56 Å². The van der Waals surface area contributed by atoms with Crippen LogP contribution in [-0.4, -0.2) is 16.7 Å². The summed E-state index contributed by atoms with van der Waals surface area (Å²) < 4.78 is 0. The SMILES string of the molecule is CC(C)(C(CC=O)c1ccccc1)[N+](=O)[O-]. The number of aldehydes is 1. The Kier molecular flexibility index (Phi) is 3.77. The molecule has 0 saturated heterocycles. The van der Waals surface area contributed by atoms with Crippen LogP contribution in [0, 0.1) is 10.1 Å². The van der Waals surface area contributed by atoms with E-state index >= 15 is 0 Å². The molecule has 4 heteroatoms. The molecule has 0 heterocycles. The van der Waals surface area contributed by atoms with Crippen molar-refractivity contribution in [2.45, 2.75) is 31.7 Å². The minimum absolute atomic E-state index is 0.165. The number of hydrogen-bond acceptors (Lipinski definition) is 3. The highest BCUT2D eigenvalue weighted by Crippen LogP contribution is 2.32. The van der Waals surface area contributed by atoms with Crippen molar-refractivity contribution in [2.75, 3.05) is 0 Å². The third kappa shape index (κ3) is 2.45. The van der Waals surface area contributed by atoms with Crippen molar-refractivity contribution in [1.29, 1.82) is 0 Å². The summed E-state index contributed by atoms with van der Waals surface area (Å²) in [6.45, 7) is 3.10. The van der Waals surface area contributed by atoms with Crippen molar-refractivity contribution in [3.63, 3.8) is 0 Å². The topological polar surface area (TPSA) is 60.2 Å². The quantitative estimate of drug-likeness (QED) is 0.436. The standard InChI is InChI=1S/C12H15NO3/c1-12(2,13(15)16)11(8-9-14)10-6-4-3-5-7-10/h3-7,9,11H,8H2,1-2H3. The summed E-state index contributed by atoms with van der Waals surface area (Å²) in [7, 11) is 0. The molecular weight excluding hydrogens is 206 g/mol. The highest BCUT2D eigenvalue weighted by molar-refractivity contribution is 5.52. The fraction of sp³-hybridized carbons (Fsp3) is 0.417. The number of carbonyl (C=O) groups excluding carboxylic acids is 1. The van der Waals surface area contributed by atoms with Crippen molar-refractivity contribution in [3.8, 4) is 0 Å². The van der Waals surface area contributed by atoms with E-state index in [2.05, 4.69) is 0 Å². The van der Waals surface area contributed by atoms with Crippen LogP contribution in [0.2, 0.25) is 0 Å². The molecule has 0 amide bonds. The molecule has 1 aromatic carbocycles. The van der Waals surface area contributed by atoms with Crippen LogP contribution in [0.5, 0.6) is 0 Å². The van der Waals surface area contributed by atoms with Gasteiger partial charge in [-0.15, -0.1) is 0 Å². The van der Waals surface area contributed by atoms with Crippen LogP contribution < -0.4 is 0 Å². The van der Waals surface area contributed by atoms with Gasteiger partial charge < -0.3 is 4.79 Å². The van der Waals surface area contributed by atoms with E-state index in [0.29, 0.717) is 0 Å². The summed E-state index contributed by atoms with van der Waals surface area (Å²) >= 11 is 0. The van der Waals surface area contributed by atoms with Crippen LogP contribution in [0.25, 0.3) is 0 Å². The minimum atomic E-state index is -1.14. The van der Waals surface area contributed by atoms with Gasteiger partial charge in [0, 0.05) is 25.2 Å². The Bertz CT molecular complexity index is 373. The maximum atomic E-state index is 11.0. The molecule has 0 fully saturated rings. The lowest BCUT2D eigenvalue weighted by Gasteiger charge is -2.25. The van der Waals surface area contributed by atoms with Gasteiger partial charge >= 0.3 is 0 Å². The Morgan fingerprint density at radius 1 is 1.38 bits per heavy atom. The van der Waals surface area contributed by atoms with Crippen molar-refractivity contribution < 1.29 is 9.72 Å². The molecule has 1 unspecified atom stereocenters. The number of nitrogens with zero attached hydrogens (tertiary/aromatic N) is 1. The predicted molar refractivity (Wildman–Crippen MR) is 60.9 cm³/mol. The highest BCUT2D eigenvalue weighted by Gasteiger charge is 2.41. The van der Waals surface area contributed by atoms with Crippen molar-refractivity contribution in [1.82, 2.24) is 0 Å². The molecule has 16 heavy (non-hydrogen) atoms. The number of carbonyl (C=O) groups is 1. The highest BCUT2D eigenvalue weighted by atomic mass is 16.6. The molecule has 86 valence electrons. The molecule has 1 atom stereocenters. The monoisotopic (exact) mass is 221 g/mol. The average molecular weight is 221 g/mol. The second kappa shape index (κ2) is 4.88. The van der Waals surface area contributed by atoms with Crippen LogP contribution >= 0.6 is 0 Å². The van der Waals surface area contributed by atoms with Gasteiger partial charge in [0.15, 0.2) is 0 Å². The summed E-state index contributed by atoms with van der Waals surface area (Å²) in [5.74, 6) is -0.388. The normalized spacial score (nSPS) is 13.1. The summed E-state index contributed by atoms with van der Waals surface area (Å²) in [4.78, 5) is 21.3. The van der Waals surface area contributed by atoms with E-state index in [1.54, 1.807) is 13.8 Å². The van der Waals surface area contributed by atoms with Gasteiger partial charge in [-0.25, -0.2) is 0 Å². The van der Waals surface area contributed by atoms with E-state index < -0.39 is 5.54 Å². The lowest BCUT2D eigenvalue weighted by atomic mass is 9.80. The van der Waals surface area contributed by atoms with Gasteiger partial charge in [0.2, 0.25) is 5.54 Å². The molecule has 0 saturated carbocycles. The maximum absolute atomic E-state index is 11.0. The Morgan fingerprint density at radius 2 is 1.94 bits per heavy atom. The fourth-order valence-electron chi connectivity index (χ4n) is 1.74. The van der Waals surface area contributed by atoms with E-state index in [1.807, 2.05) is 30.3 Å². The molecule has 0 aliphatic carbocycles. The van der Waals surface area contributed by atoms with Crippen molar-refractivity contribution in [3.05, 3.63) is 46.0 Å². The number of hydrogen-bond donors (Lipinski definition) is 0. The largest absolute Gasteiger partial charge is 0.303 e. The van der Waals surface area contributed by atoms with Gasteiger partial charge in [-0.1, -0.05) is 30.3 Å². The van der Waals surface area contributed by atoms with Crippen LogP contribution in [0.3, 0.4) is 0 Å². The summed E-state index contributed by atoms with van der Waals surface area (Å²) in [5.41, 5.74) is -0.307. The molecule has 0 aromatic heterocycles. The first-order chi connectivity index (χ1) is 7.50. The third-order valence-corrected chi connectivity index (χ3v) is 2.86. The summed E-state index contributed by atoms with van der Waals surface area (Å²) in [5, 5.41) is 11.0. The average Bonchev–Trinajstić information content (AvgIpc) is 2.26. The lowest BCUT2D eigenvalue weighted by molar-refractivity contribution is -0.565. The second-order valence-corrected chi connectivity index (χ2v) is 4.28. The first kappa shape index (κ1) is 12.4. The molecule has 1 aromatic rings. The Balaban J connectivity index is 3.09. The van der Waals surface area contributed by atoms with E-state index in [0.717, 1.165) is 11.8 Å². The van der Waals surface area contributed by atoms with Gasteiger partial charge in [-0.3, -0.25) is 10.1 Å².